The lowest BCUT2D eigenvalue weighted by Gasteiger charge is -2.47. The Morgan fingerprint density at radius 2 is 1.78 bits per heavy atom. The molecule has 1 atom stereocenters. The molecule has 0 saturated carbocycles. The summed E-state index contributed by atoms with van der Waals surface area (Å²) in [4.78, 5) is 0. The second-order valence-corrected chi connectivity index (χ2v) is 7.40. The molecule has 0 N–H and O–H groups in total. The van der Waals surface area contributed by atoms with Crippen molar-refractivity contribution in [1.82, 2.24) is 0 Å². The quantitative estimate of drug-likeness (QED) is 0.640. The summed E-state index contributed by atoms with van der Waals surface area (Å²) in [6.07, 6.45) is 2.43. The Morgan fingerprint density at radius 1 is 1.17 bits per heavy atom. The lowest BCUT2D eigenvalue weighted by molar-refractivity contribution is 0.232. The molecule has 0 amide bonds. The average molecular weight is 244 g/mol. The zero-order chi connectivity index (χ0) is 13.7. The van der Waals surface area contributed by atoms with E-state index in [1.165, 1.54) is 17.5 Å². The van der Waals surface area contributed by atoms with Gasteiger partial charge >= 0.3 is 0 Å². The first kappa shape index (κ1) is 13.6. The van der Waals surface area contributed by atoms with Crippen LogP contribution in [0.1, 0.15) is 70.2 Å². The second kappa shape index (κ2) is 4.11. The molecule has 0 spiro atoms. The minimum absolute atomic E-state index is 0.306. The Labute approximate surface area is 113 Å². The van der Waals surface area contributed by atoms with Crippen LogP contribution < -0.4 is 0 Å². The predicted molar refractivity (Wildman–Crippen MR) is 80.4 cm³/mol. The summed E-state index contributed by atoms with van der Waals surface area (Å²) in [7, 11) is 0. The van der Waals surface area contributed by atoms with Crippen LogP contribution in [0.15, 0.2) is 12.1 Å². The third-order valence-electron chi connectivity index (χ3n) is 5.22. The van der Waals surface area contributed by atoms with Gasteiger partial charge in [-0.25, -0.2) is 0 Å². The highest BCUT2D eigenvalue weighted by molar-refractivity contribution is 5.48. The van der Waals surface area contributed by atoms with Crippen molar-refractivity contribution < 1.29 is 0 Å². The summed E-state index contributed by atoms with van der Waals surface area (Å²) >= 11 is 0. The van der Waals surface area contributed by atoms with Gasteiger partial charge in [0, 0.05) is 0 Å². The van der Waals surface area contributed by atoms with E-state index >= 15 is 0 Å². The maximum absolute atomic E-state index is 2.47. The highest BCUT2D eigenvalue weighted by Crippen LogP contribution is 2.50. The fourth-order valence-corrected chi connectivity index (χ4v) is 3.86. The molecular formula is C18H28. The maximum Gasteiger partial charge on any atom is -0.00745 e. The van der Waals surface area contributed by atoms with Gasteiger partial charge in [-0.15, -0.1) is 0 Å². The van der Waals surface area contributed by atoms with Crippen LogP contribution in [0.2, 0.25) is 0 Å². The highest BCUT2D eigenvalue weighted by atomic mass is 14.5. The summed E-state index contributed by atoms with van der Waals surface area (Å²) in [5.41, 5.74) is 6.82. The molecule has 0 heteroatoms. The zero-order valence-electron chi connectivity index (χ0n) is 13.1. The molecule has 1 unspecified atom stereocenters. The molecule has 1 aliphatic carbocycles. The van der Waals surface area contributed by atoms with Gasteiger partial charge < -0.3 is 0 Å². The van der Waals surface area contributed by atoms with Crippen LogP contribution in [0.3, 0.4) is 0 Å². The van der Waals surface area contributed by atoms with Crippen LogP contribution >= 0.6 is 0 Å². The van der Waals surface area contributed by atoms with E-state index in [1.54, 1.807) is 11.1 Å². The van der Waals surface area contributed by atoms with E-state index in [0.29, 0.717) is 10.8 Å². The molecule has 0 aliphatic heterocycles. The monoisotopic (exact) mass is 244 g/mol. The molecule has 0 nitrogen and oxygen atoms in total. The van der Waals surface area contributed by atoms with E-state index in [-0.39, 0.29) is 0 Å². The van der Waals surface area contributed by atoms with Crippen molar-refractivity contribution >= 4 is 0 Å². The number of hydrogen-bond donors (Lipinski definition) is 0. The van der Waals surface area contributed by atoms with E-state index in [1.807, 2.05) is 0 Å². The van der Waals surface area contributed by atoms with Crippen LogP contribution in [0.4, 0.5) is 0 Å². The lowest BCUT2D eigenvalue weighted by Crippen LogP contribution is -2.41. The van der Waals surface area contributed by atoms with Gasteiger partial charge in [0.15, 0.2) is 0 Å². The van der Waals surface area contributed by atoms with Gasteiger partial charge in [-0.2, -0.15) is 0 Å². The minimum atomic E-state index is 0.306. The number of hydrogen-bond acceptors (Lipinski definition) is 0. The van der Waals surface area contributed by atoms with Crippen molar-refractivity contribution in [2.45, 2.75) is 72.1 Å². The van der Waals surface area contributed by atoms with Crippen molar-refractivity contribution in [2.75, 3.05) is 0 Å². The highest BCUT2D eigenvalue weighted by Gasteiger charge is 2.42. The van der Waals surface area contributed by atoms with Crippen LogP contribution in [0.25, 0.3) is 0 Å². The zero-order valence-corrected chi connectivity index (χ0v) is 13.1. The second-order valence-electron chi connectivity index (χ2n) is 7.40. The Balaban J connectivity index is 2.75. The largest absolute Gasteiger partial charge is 0.0616 e. The normalized spacial score (nSPS) is 24.7. The van der Waals surface area contributed by atoms with E-state index in [2.05, 4.69) is 60.6 Å². The van der Waals surface area contributed by atoms with Crippen LogP contribution in [0, 0.1) is 12.8 Å². The molecule has 0 heterocycles. The molecule has 2 rings (SSSR count). The average Bonchev–Trinajstić information content (AvgIpc) is 2.25. The molecule has 0 radical (unpaired) electrons. The molecule has 1 aliphatic rings. The molecule has 100 valence electrons. The Morgan fingerprint density at radius 3 is 2.33 bits per heavy atom. The summed E-state index contributed by atoms with van der Waals surface area (Å²) in [5, 5.41) is 0. The van der Waals surface area contributed by atoms with Gasteiger partial charge in [-0.3, -0.25) is 0 Å². The van der Waals surface area contributed by atoms with E-state index in [9.17, 15) is 0 Å². The fourth-order valence-electron chi connectivity index (χ4n) is 3.86. The summed E-state index contributed by atoms with van der Waals surface area (Å²) < 4.78 is 0. The molecule has 0 aromatic heterocycles. The Kier molecular flexibility index (Phi) is 3.12. The Bertz CT molecular complexity index is 463. The van der Waals surface area contributed by atoms with E-state index < -0.39 is 0 Å². The van der Waals surface area contributed by atoms with Crippen molar-refractivity contribution in [2.24, 2.45) is 5.92 Å². The summed E-state index contributed by atoms with van der Waals surface area (Å²) in [5.74, 6) is 0.742. The summed E-state index contributed by atoms with van der Waals surface area (Å²) in [6.45, 7) is 16.6. The molecule has 0 bridgehead atoms. The fraction of sp³-hybridized carbons (Fsp3) is 0.667. The number of fused-ring (bicyclic) bond motifs is 1. The summed E-state index contributed by atoms with van der Waals surface area (Å²) in [6, 6.07) is 4.87. The van der Waals surface area contributed by atoms with Gasteiger partial charge in [0.05, 0.1) is 0 Å². The van der Waals surface area contributed by atoms with Crippen molar-refractivity contribution in [3.63, 3.8) is 0 Å². The van der Waals surface area contributed by atoms with Crippen LogP contribution in [-0.2, 0) is 17.3 Å². The molecule has 1 aromatic rings. The SMILES string of the molecule is CCc1cc(C)c2c(c1)C(C)(C)C(C)CC2(C)C. The van der Waals surface area contributed by atoms with Gasteiger partial charge in [-0.1, -0.05) is 53.7 Å². The molecule has 1 aromatic carbocycles. The number of benzene rings is 1. The first-order chi connectivity index (χ1) is 8.20. The number of aryl methyl sites for hydroxylation is 2. The third-order valence-corrected chi connectivity index (χ3v) is 5.22. The molecule has 18 heavy (non-hydrogen) atoms. The Hall–Kier alpha value is -0.780. The van der Waals surface area contributed by atoms with Gasteiger partial charge in [0.25, 0.3) is 0 Å². The lowest BCUT2D eigenvalue weighted by atomic mass is 9.57. The predicted octanol–water partition coefficient (Wildman–Crippen LogP) is 5.15. The first-order valence-corrected chi connectivity index (χ1v) is 7.34. The first-order valence-electron chi connectivity index (χ1n) is 7.34. The van der Waals surface area contributed by atoms with E-state index in [4.69, 9.17) is 0 Å². The van der Waals surface area contributed by atoms with Crippen molar-refractivity contribution in [3.8, 4) is 0 Å². The maximum atomic E-state index is 2.47. The standard InChI is InChI=1S/C18H28/c1-8-14-9-12(2)16-15(10-14)18(6,7)13(3)11-17(16,4)5/h9-10,13H,8,11H2,1-7H3. The number of rotatable bonds is 1. The van der Waals surface area contributed by atoms with Crippen molar-refractivity contribution in [3.05, 3.63) is 34.4 Å². The van der Waals surface area contributed by atoms with E-state index in [0.717, 1.165) is 12.3 Å². The molecular weight excluding hydrogens is 216 g/mol. The molecule has 0 saturated heterocycles. The van der Waals surface area contributed by atoms with Crippen LogP contribution in [-0.4, -0.2) is 0 Å². The molecule has 0 fully saturated rings. The topological polar surface area (TPSA) is 0 Å². The van der Waals surface area contributed by atoms with Gasteiger partial charge in [-0.05, 0) is 58.8 Å². The smallest absolute Gasteiger partial charge is 0.00745 e. The van der Waals surface area contributed by atoms with Gasteiger partial charge in [0.2, 0.25) is 0 Å². The third kappa shape index (κ3) is 1.90. The van der Waals surface area contributed by atoms with Gasteiger partial charge in [0.1, 0.15) is 0 Å². The van der Waals surface area contributed by atoms with Crippen LogP contribution in [0.5, 0.6) is 0 Å². The van der Waals surface area contributed by atoms with Crippen molar-refractivity contribution in [1.29, 1.82) is 0 Å². The minimum Gasteiger partial charge on any atom is -0.0616 e.